The monoisotopic (exact) mass is 439 g/mol. The number of aromatic nitrogens is 4. The highest BCUT2D eigenvalue weighted by molar-refractivity contribution is 5.95. The van der Waals surface area contributed by atoms with Crippen molar-refractivity contribution in [1.29, 1.82) is 0 Å². The van der Waals surface area contributed by atoms with Crippen molar-refractivity contribution in [2.75, 3.05) is 7.11 Å². The number of nitrogens with zero attached hydrogens (tertiary/aromatic N) is 5. The molecule has 164 valence electrons. The highest BCUT2D eigenvalue weighted by atomic mass is 16.5. The largest absolute Gasteiger partial charge is 0.508 e. The second-order valence-corrected chi connectivity index (χ2v) is 7.78. The molecule has 8 nitrogen and oxygen atoms in total. The van der Waals surface area contributed by atoms with Gasteiger partial charge in [-0.05, 0) is 54.3 Å². The maximum atomic E-state index is 12.9. The van der Waals surface area contributed by atoms with Crippen LogP contribution in [0.3, 0.4) is 0 Å². The topological polar surface area (TPSA) is 102 Å². The molecular weight excluding hydrogens is 418 g/mol. The summed E-state index contributed by atoms with van der Waals surface area (Å²) in [5, 5.41) is 9.70. The van der Waals surface area contributed by atoms with Gasteiger partial charge in [-0.1, -0.05) is 18.2 Å². The Kier molecular flexibility index (Phi) is 5.40. The van der Waals surface area contributed by atoms with E-state index in [4.69, 9.17) is 9.73 Å². The van der Waals surface area contributed by atoms with Crippen LogP contribution in [0.25, 0.3) is 17.0 Å². The molecule has 5 rings (SSSR count). The van der Waals surface area contributed by atoms with Crippen LogP contribution in [0.4, 0.5) is 0 Å². The number of methoxy groups -OCH3 is 1. The van der Waals surface area contributed by atoms with Gasteiger partial charge in [0.25, 0.3) is 5.56 Å². The number of hydrogen-bond donors (Lipinski definition) is 1. The number of phenols is 1. The Balaban J connectivity index is 1.61. The van der Waals surface area contributed by atoms with Crippen LogP contribution in [-0.2, 0) is 6.42 Å². The minimum atomic E-state index is -0.311. The molecule has 0 bridgehead atoms. The van der Waals surface area contributed by atoms with E-state index >= 15 is 0 Å². The number of phenolic OH excluding ortho intramolecular Hbond substituents is 1. The lowest BCUT2D eigenvalue weighted by Crippen LogP contribution is -2.31. The zero-order valence-electron chi connectivity index (χ0n) is 17.9. The standard InChI is InChI=1S/C25H21N5O3/c1-33-20-4-2-3-16(12-20)11-17-13-21(18-5-7-19(31)8-6-18)29-22(14-17)30-23(32)15-28-24-25(30)27-10-9-26-24/h2-10,12-13,15,17,31H,11,14H2,1H3. The number of aliphatic imine (C=N–C) groups is 1. The van der Waals surface area contributed by atoms with Crippen LogP contribution in [0.15, 0.2) is 83.0 Å². The Morgan fingerprint density at radius 2 is 1.91 bits per heavy atom. The third-order valence-corrected chi connectivity index (χ3v) is 5.53. The Bertz CT molecular complexity index is 1440. The molecule has 0 amide bonds. The molecule has 0 saturated carbocycles. The smallest absolute Gasteiger partial charge is 0.276 e. The number of allylic oxidation sites excluding steroid dienone is 1. The SMILES string of the molecule is COc1cccc(CC2C=C(c3ccc(O)cc3)N=C(n3c(=O)cnc4nccnc43)C2)c1. The summed E-state index contributed by atoms with van der Waals surface area (Å²) in [6.07, 6.45) is 7.70. The molecule has 1 aliphatic rings. The maximum Gasteiger partial charge on any atom is 0.276 e. The van der Waals surface area contributed by atoms with Crippen molar-refractivity contribution in [1.82, 2.24) is 19.5 Å². The summed E-state index contributed by atoms with van der Waals surface area (Å²) < 4.78 is 6.86. The zero-order valence-corrected chi connectivity index (χ0v) is 17.9. The van der Waals surface area contributed by atoms with Gasteiger partial charge in [-0.15, -0.1) is 0 Å². The summed E-state index contributed by atoms with van der Waals surface area (Å²) in [7, 11) is 1.65. The molecule has 33 heavy (non-hydrogen) atoms. The first-order chi connectivity index (χ1) is 16.1. The molecule has 0 radical (unpaired) electrons. The molecule has 1 aliphatic heterocycles. The third kappa shape index (κ3) is 4.23. The van der Waals surface area contributed by atoms with E-state index in [0.717, 1.165) is 29.0 Å². The van der Waals surface area contributed by atoms with Gasteiger partial charge in [0.05, 0.1) is 19.0 Å². The van der Waals surface area contributed by atoms with Crippen molar-refractivity contribution in [2.45, 2.75) is 12.8 Å². The summed E-state index contributed by atoms with van der Waals surface area (Å²) in [6, 6.07) is 14.8. The number of rotatable bonds is 4. The predicted octanol–water partition coefficient (Wildman–Crippen LogP) is 3.45. The van der Waals surface area contributed by atoms with E-state index in [1.807, 2.05) is 30.3 Å². The van der Waals surface area contributed by atoms with E-state index in [1.54, 1.807) is 25.4 Å². The quantitative estimate of drug-likeness (QED) is 0.523. The van der Waals surface area contributed by atoms with Gasteiger partial charge in [0.2, 0.25) is 0 Å². The fourth-order valence-corrected chi connectivity index (χ4v) is 4.01. The number of fused-ring (bicyclic) bond motifs is 1. The van der Waals surface area contributed by atoms with Gasteiger partial charge in [-0.2, -0.15) is 0 Å². The van der Waals surface area contributed by atoms with Gasteiger partial charge >= 0.3 is 0 Å². The van der Waals surface area contributed by atoms with Gasteiger partial charge in [0.1, 0.15) is 17.3 Å². The second-order valence-electron chi connectivity index (χ2n) is 7.78. The molecular formula is C25H21N5O3. The van der Waals surface area contributed by atoms with Gasteiger partial charge in [-0.3, -0.25) is 4.79 Å². The lowest BCUT2D eigenvalue weighted by atomic mass is 9.91. The molecule has 1 atom stereocenters. The molecule has 0 saturated heterocycles. The number of hydrogen-bond acceptors (Lipinski definition) is 7. The molecule has 2 aromatic heterocycles. The average molecular weight is 439 g/mol. The summed E-state index contributed by atoms with van der Waals surface area (Å²) in [5.74, 6) is 1.62. The van der Waals surface area contributed by atoms with E-state index < -0.39 is 0 Å². The first-order valence-electron chi connectivity index (χ1n) is 10.5. The molecule has 3 heterocycles. The normalized spacial score (nSPS) is 15.7. The number of ether oxygens (including phenoxy) is 1. The van der Waals surface area contributed by atoms with Crippen molar-refractivity contribution in [3.05, 3.63) is 94.7 Å². The first-order valence-corrected chi connectivity index (χ1v) is 10.5. The first kappa shape index (κ1) is 20.6. The van der Waals surface area contributed by atoms with Gasteiger partial charge in [-0.25, -0.2) is 24.5 Å². The Morgan fingerprint density at radius 1 is 1.09 bits per heavy atom. The second kappa shape index (κ2) is 8.66. The van der Waals surface area contributed by atoms with Crippen LogP contribution in [-0.4, -0.2) is 37.6 Å². The fourth-order valence-electron chi connectivity index (χ4n) is 4.01. The van der Waals surface area contributed by atoms with E-state index in [9.17, 15) is 9.90 Å². The van der Waals surface area contributed by atoms with Crippen LogP contribution < -0.4 is 10.3 Å². The summed E-state index contributed by atoms with van der Waals surface area (Å²) in [4.78, 5) is 30.4. The van der Waals surface area contributed by atoms with Gasteiger partial charge in [0.15, 0.2) is 11.3 Å². The minimum Gasteiger partial charge on any atom is -0.508 e. The van der Waals surface area contributed by atoms with Gasteiger partial charge in [0, 0.05) is 24.4 Å². The molecule has 0 aliphatic carbocycles. The van der Waals surface area contributed by atoms with Gasteiger partial charge < -0.3 is 9.84 Å². The van der Waals surface area contributed by atoms with Crippen LogP contribution in [0, 0.1) is 5.92 Å². The Labute approximate surface area is 189 Å². The molecule has 1 unspecified atom stereocenters. The minimum absolute atomic E-state index is 0.0696. The molecule has 0 fully saturated rings. The number of benzene rings is 2. The van der Waals surface area contributed by atoms with E-state index in [1.165, 1.54) is 17.0 Å². The maximum absolute atomic E-state index is 12.9. The molecule has 8 heteroatoms. The number of aromatic hydroxyl groups is 1. The average Bonchev–Trinajstić information content (AvgIpc) is 2.84. The lowest BCUT2D eigenvalue weighted by molar-refractivity contribution is 0.414. The van der Waals surface area contributed by atoms with Crippen molar-refractivity contribution in [2.24, 2.45) is 10.9 Å². The van der Waals surface area contributed by atoms with Crippen molar-refractivity contribution in [3.63, 3.8) is 0 Å². The van der Waals surface area contributed by atoms with Crippen molar-refractivity contribution >= 4 is 22.8 Å². The van der Waals surface area contributed by atoms with Crippen LogP contribution >= 0.6 is 0 Å². The van der Waals surface area contributed by atoms with E-state index in [2.05, 4.69) is 27.1 Å². The van der Waals surface area contributed by atoms with Crippen molar-refractivity contribution < 1.29 is 9.84 Å². The van der Waals surface area contributed by atoms with E-state index in [0.29, 0.717) is 23.6 Å². The molecule has 4 aromatic rings. The predicted molar refractivity (Wildman–Crippen MR) is 125 cm³/mol. The third-order valence-electron chi connectivity index (χ3n) is 5.53. The highest BCUT2D eigenvalue weighted by Gasteiger charge is 2.22. The summed E-state index contributed by atoms with van der Waals surface area (Å²) >= 11 is 0. The fraction of sp³-hybridized carbons (Fsp3) is 0.160. The molecule has 1 N–H and O–H groups in total. The zero-order chi connectivity index (χ0) is 22.8. The lowest BCUT2D eigenvalue weighted by Gasteiger charge is -2.23. The Morgan fingerprint density at radius 3 is 2.73 bits per heavy atom. The summed E-state index contributed by atoms with van der Waals surface area (Å²) in [6.45, 7) is 0. The summed E-state index contributed by atoms with van der Waals surface area (Å²) in [5.41, 5.74) is 3.13. The van der Waals surface area contributed by atoms with Crippen LogP contribution in [0.5, 0.6) is 11.5 Å². The van der Waals surface area contributed by atoms with E-state index in [-0.39, 0.29) is 17.2 Å². The highest BCUT2D eigenvalue weighted by Crippen LogP contribution is 2.29. The van der Waals surface area contributed by atoms with Crippen LogP contribution in [0.2, 0.25) is 0 Å². The molecule has 0 spiro atoms. The molecule has 2 aromatic carbocycles. The Hall–Kier alpha value is -4.33. The van der Waals surface area contributed by atoms with Crippen LogP contribution in [0.1, 0.15) is 17.5 Å². The van der Waals surface area contributed by atoms with Crippen molar-refractivity contribution in [3.8, 4) is 11.5 Å².